The van der Waals surface area contributed by atoms with Crippen molar-refractivity contribution in [3.05, 3.63) is 41.5 Å². The Balaban J connectivity index is 1.71. The van der Waals surface area contributed by atoms with Crippen LogP contribution in [0.25, 0.3) is 0 Å². The van der Waals surface area contributed by atoms with Crippen LogP contribution in [0.4, 0.5) is 4.39 Å². The van der Waals surface area contributed by atoms with Gasteiger partial charge in [-0.1, -0.05) is 31.4 Å². The summed E-state index contributed by atoms with van der Waals surface area (Å²) in [6.45, 7) is 2.08. The summed E-state index contributed by atoms with van der Waals surface area (Å²) < 4.78 is 15.4. The van der Waals surface area contributed by atoms with Crippen LogP contribution in [-0.2, 0) is 0 Å². The molecule has 4 rings (SSSR count). The number of rotatable bonds is 4. The molecular formula is C18H24FN5. The van der Waals surface area contributed by atoms with E-state index in [9.17, 15) is 4.39 Å². The van der Waals surface area contributed by atoms with Gasteiger partial charge in [0.15, 0.2) is 5.82 Å². The molecule has 2 aliphatic rings. The van der Waals surface area contributed by atoms with E-state index in [1.807, 2.05) is 16.8 Å². The Hall–Kier alpha value is -1.82. The van der Waals surface area contributed by atoms with Crippen molar-refractivity contribution in [1.82, 2.24) is 25.1 Å². The van der Waals surface area contributed by atoms with E-state index in [0.717, 1.165) is 37.3 Å². The van der Waals surface area contributed by atoms with Gasteiger partial charge in [-0.15, -0.1) is 5.10 Å². The predicted octanol–water partition coefficient (Wildman–Crippen LogP) is 3.50. The Morgan fingerprint density at radius 3 is 2.38 bits per heavy atom. The maximum atomic E-state index is 13.4. The minimum atomic E-state index is -0.203. The summed E-state index contributed by atoms with van der Waals surface area (Å²) in [5, 5.41) is 12.7. The lowest BCUT2D eigenvalue weighted by atomic mass is 9.95. The highest BCUT2D eigenvalue weighted by atomic mass is 19.1. The van der Waals surface area contributed by atoms with Crippen molar-refractivity contribution in [3.8, 4) is 0 Å². The highest BCUT2D eigenvalue weighted by Crippen LogP contribution is 2.34. The molecule has 5 nitrogen and oxygen atoms in total. The van der Waals surface area contributed by atoms with Crippen LogP contribution in [0.15, 0.2) is 24.3 Å². The van der Waals surface area contributed by atoms with Crippen LogP contribution in [-0.4, -0.2) is 38.2 Å². The Morgan fingerprint density at radius 1 is 0.958 bits per heavy atom. The number of hydrogen-bond acceptors (Lipinski definition) is 4. The van der Waals surface area contributed by atoms with Crippen molar-refractivity contribution in [3.63, 3.8) is 0 Å². The zero-order valence-corrected chi connectivity index (χ0v) is 13.9. The molecule has 2 aromatic rings. The second-order valence-corrected chi connectivity index (χ2v) is 6.97. The molecule has 0 radical (unpaired) electrons. The lowest BCUT2D eigenvalue weighted by molar-refractivity contribution is 0.244. The number of halogens is 1. The smallest absolute Gasteiger partial charge is 0.173 e. The largest absolute Gasteiger partial charge is 0.290 e. The first-order valence-corrected chi connectivity index (χ1v) is 9.10. The molecule has 1 aliphatic heterocycles. The fourth-order valence-corrected chi connectivity index (χ4v) is 4.13. The third kappa shape index (κ3) is 3.07. The van der Waals surface area contributed by atoms with Gasteiger partial charge in [-0.25, -0.2) is 9.07 Å². The molecular weight excluding hydrogens is 305 g/mol. The van der Waals surface area contributed by atoms with Gasteiger partial charge in [0.05, 0.1) is 12.1 Å². The van der Waals surface area contributed by atoms with E-state index in [1.54, 1.807) is 0 Å². The van der Waals surface area contributed by atoms with Gasteiger partial charge in [0.2, 0.25) is 0 Å². The van der Waals surface area contributed by atoms with E-state index >= 15 is 0 Å². The maximum Gasteiger partial charge on any atom is 0.173 e. The first kappa shape index (κ1) is 15.7. The van der Waals surface area contributed by atoms with E-state index < -0.39 is 0 Å². The highest BCUT2D eigenvalue weighted by Gasteiger charge is 2.32. The van der Waals surface area contributed by atoms with Crippen LogP contribution >= 0.6 is 0 Å². The van der Waals surface area contributed by atoms with Crippen molar-refractivity contribution in [2.24, 2.45) is 0 Å². The summed E-state index contributed by atoms with van der Waals surface area (Å²) >= 11 is 0. The van der Waals surface area contributed by atoms with Gasteiger partial charge in [0.25, 0.3) is 0 Å². The van der Waals surface area contributed by atoms with Crippen LogP contribution in [0.5, 0.6) is 0 Å². The molecule has 1 aromatic heterocycles. The summed E-state index contributed by atoms with van der Waals surface area (Å²) in [5.41, 5.74) is 1.07. The quantitative estimate of drug-likeness (QED) is 0.861. The van der Waals surface area contributed by atoms with Gasteiger partial charge in [-0.3, -0.25) is 4.90 Å². The van der Waals surface area contributed by atoms with Crippen LogP contribution in [0.1, 0.15) is 68.4 Å². The highest BCUT2D eigenvalue weighted by molar-refractivity contribution is 5.25. The van der Waals surface area contributed by atoms with Crippen LogP contribution in [0.2, 0.25) is 0 Å². The fourth-order valence-electron chi connectivity index (χ4n) is 4.13. The van der Waals surface area contributed by atoms with E-state index in [4.69, 9.17) is 0 Å². The zero-order valence-electron chi connectivity index (χ0n) is 13.9. The van der Waals surface area contributed by atoms with E-state index in [-0.39, 0.29) is 11.9 Å². The monoisotopic (exact) mass is 329 g/mol. The van der Waals surface area contributed by atoms with Gasteiger partial charge in [0.1, 0.15) is 5.82 Å². The van der Waals surface area contributed by atoms with Crippen molar-refractivity contribution >= 4 is 0 Å². The van der Waals surface area contributed by atoms with Gasteiger partial charge >= 0.3 is 0 Å². The third-order valence-electron chi connectivity index (χ3n) is 5.37. The second kappa shape index (κ2) is 6.97. The van der Waals surface area contributed by atoms with Crippen molar-refractivity contribution < 1.29 is 4.39 Å². The topological polar surface area (TPSA) is 46.8 Å². The van der Waals surface area contributed by atoms with E-state index in [2.05, 4.69) is 20.4 Å². The normalized spacial score (nSPS) is 21.2. The van der Waals surface area contributed by atoms with E-state index in [1.165, 1.54) is 44.2 Å². The molecule has 1 saturated heterocycles. The summed E-state index contributed by atoms with van der Waals surface area (Å²) in [6.07, 6.45) is 8.49. The van der Waals surface area contributed by atoms with Gasteiger partial charge < -0.3 is 0 Å². The molecule has 128 valence electrons. The fraction of sp³-hybridized carbons (Fsp3) is 0.611. The molecule has 24 heavy (non-hydrogen) atoms. The van der Waals surface area contributed by atoms with Crippen molar-refractivity contribution in [2.45, 2.75) is 57.0 Å². The molecule has 6 heteroatoms. The molecule has 0 spiro atoms. The van der Waals surface area contributed by atoms with Crippen molar-refractivity contribution in [1.29, 1.82) is 0 Å². The SMILES string of the molecule is Fc1ccc(C(c2nnnn2C2CCCCC2)N2CCCC2)cc1. The lowest BCUT2D eigenvalue weighted by Gasteiger charge is -2.29. The van der Waals surface area contributed by atoms with Gasteiger partial charge in [0, 0.05) is 0 Å². The number of hydrogen-bond donors (Lipinski definition) is 0. The zero-order chi connectivity index (χ0) is 16.4. The standard InChI is InChI=1S/C18H24FN5/c19-15-10-8-14(9-11-15)17(23-12-4-5-13-23)18-20-21-22-24(18)16-6-2-1-3-7-16/h8-11,16-17H,1-7,12-13H2. The Labute approximate surface area is 141 Å². The molecule has 1 aromatic carbocycles. The molecule has 1 aliphatic carbocycles. The number of tetrazole rings is 1. The first-order chi connectivity index (χ1) is 11.8. The molecule has 0 bridgehead atoms. The number of likely N-dealkylation sites (tertiary alicyclic amines) is 1. The Bertz CT molecular complexity index is 656. The maximum absolute atomic E-state index is 13.4. The van der Waals surface area contributed by atoms with E-state index in [0.29, 0.717) is 6.04 Å². The van der Waals surface area contributed by atoms with Crippen LogP contribution < -0.4 is 0 Å². The Morgan fingerprint density at radius 2 is 1.67 bits per heavy atom. The summed E-state index contributed by atoms with van der Waals surface area (Å²) in [4.78, 5) is 2.43. The third-order valence-corrected chi connectivity index (χ3v) is 5.37. The average Bonchev–Trinajstić information content (AvgIpc) is 3.30. The molecule has 1 saturated carbocycles. The van der Waals surface area contributed by atoms with Crippen LogP contribution in [0.3, 0.4) is 0 Å². The minimum absolute atomic E-state index is 0.0185. The van der Waals surface area contributed by atoms with Gasteiger partial charge in [-0.05, 0) is 66.9 Å². The molecule has 0 N–H and O–H groups in total. The molecule has 1 unspecified atom stereocenters. The second-order valence-electron chi connectivity index (χ2n) is 6.97. The minimum Gasteiger partial charge on any atom is -0.290 e. The summed E-state index contributed by atoms with van der Waals surface area (Å²) in [7, 11) is 0. The van der Waals surface area contributed by atoms with Gasteiger partial charge in [-0.2, -0.15) is 0 Å². The predicted molar refractivity (Wildman–Crippen MR) is 89.0 cm³/mol. The first-order valence-electron chi connectivity index (χ1n) is 9.10. The molecule has 0 amide bonds. The average molecular weight is 329 g/mol. The number of benzene rings is 1. The molecule has 1 atom stereocenters. The Kier molecular flexibility index (Phi) is 4.56. The van der Waals surface area contributed by atoms with Crippen LogP contribution in [0, 0.1) is 5.82 Å². The molecule has 2 heterocycles. The number of nitrogens with zero attached hydrogens (tertiary/aromatic N) is 5. The summed E-state index contributed by atoms with van der Waals surface area (Å²) in [6, 6.07) is 7.23. The summed E-state index contributed by atoms with van der Waals surface area (Å²) in [5.74, 6) is 0.709. The lowest BCUT2D eigenvalue weighted by Crippen LogP contribution is -2.30. The number of aromatic nitrogens is 4. The van der Waals surface area contributed by atoms with Crippen molar-refractivity contribution in [2.75, 3.05) is 13.1 Å². The molecule has 2 fully saturated rings.